The van der Waals surface area contributed by atoms with Crippen molar-refractivity contribution >= 4 is 0 Å². The van der Waals surface area contributed by atoms with Crippen molar-refractivity contribution in [1.29, 1.82) is 0 Å². The molecule has 0 aliphatic heterocycles. The molecule has 0 bridgehead atoms. The molecule has 1 atom stereocenters. The van der Waals surface area contributed by atoms with Crippen molar-refractivity contribution in [3.63, 3.8) is 0 Å². The third-order valence-electron chi connectivity index (χ3n) is 1.55. The van der Waals surface area contributed by atoms with E-state index in [9.17, 15) is 0 Å². The Morgan fingerprint density at radius 1 is 1.23 bits per heavy atom. The molecule has 1 rings (SSSR count). The topological polar surface area (TPSA) is 38.7 Å². The number of hydrogen-bond donors (Lipinski definition) is 1. The highest BCUT2D eigenvalue weighted by Crippen LogP contribution is 2.16. The quantitative estimate of drug-likeness (QED) is 0.766. The van der Waals surface area contributed by atoms with E-state index in [1.54, 1.807) is 26.2 Å². The molecule has 0 aliphatic rings. The van der Waals surface area contributed by atoms with Crippen molar-refractivity contribution in [2.24, 2.45) is 0 Å². The first-order valence-electron chi connectivity index (χ1n) is 4.17. The molecule has 0 aromatic heterocycles. The molecule has 3 heteroatoms. The number of methoxy groups -OCH3 is 1. The van der Waals surface area contributed by atoms with Crippen LogP contribution in [0.15, 0.2) is 24.3 Å². The minimum Gasteiger partial charge on any atom is -0.497 e. The summed E-state index contributed by atoms with van der Waals surface area (Å²) in [6.45, 7) is 2.00. The third-order valence-corrected chi connectivity index (χ3v) is 1.55. The van der Waals surface area contributed by atoms with Crippen LogP contribution in [0.2, 0.25) is 0 Å². The lowest BCUT2D eigenvalue weighted by Gasteiger charge is -2.08. The molecule has 3 nitrogen and oxygen atoms in total. The van der Waals surface area contributed by atoms with Gasteiger partial charge in [0.2, 0.25) is 0 Å². The van der Waals surface area contributed by atoms with Gasteiger partial charge in [-0.05, 0) is 31.2 Å². The summed E-state index contributed by atoms with van der Waals surface area (Å²) in [6, 6.07) is 7.25. The number of rotatable bonds is 4. The molecule has 0 aliphatic carbocycles. The van der Waals surface area contributed by atoms with Crippen molar-refractivity contribution in [2.75, 3.05) is 13.7 Å². The Morgan fingerprint density at radius 2 is 1.77 bits per heavy atom. The number of benzene rings is 1. The lowest BCUT2D eigenvalue weighted by atomic mass is 10.3. The highest BCUT2D eigenvalue weighted by molar-refractivity contribution is 5.31. The molecule has 0 saturated heterocycles. The van der Waals surface area contributed by atoms with Gasteiger partial charge in [-0.15, -0.1) is 0 Å². The van der Waals surface area contributed by atoms with E-state index >= 15 is 0 Å². The highest BCUT2D eigenvalue weighted by Gasteiger charge is 1.97. The Bertz CT molecular complexity index is 241. The van der Waals surface area contributed by atoms with Crippen LogP contribution in [0.5, 0.6) is 11.5 Å². The molecule has 1 N–H and O–H groups in total. The minimum absolute atomic E-state index is 0.312. The van der Waals surface area contributed by atoms with Crippen LogP contribution in [0.3, 0.4) is 0 Å². The molecule has 0 amide bonds. The fourth-order valence-corrected chi connectivity index (χ4v) is 0.889. The molecule has 72 valence electrons. The maximum absolute atomic E-state index is 8.96. The molecule has 1 aromatic rings. The van der Waals surface area contributed by atoms with E-state index in [4.69, 9.17) is 14.6 Å². The van der Waals surface area contributed by atoms with Gasteiger partial charge in [-0.3, -0.25) is 0 Å². The average molecular weight is 182 g/mol. The molecule has 0 saturated carbocycles. The second-order valence-corrected chi connectivity index (χ2v) is 2.84. The fraction of sp³-hybridized carbons (Fsp3) is 0.400. The summed E-state index contributed by atoms with van der Waals surface area (Å²) in [7, 11) is 1.62. The Labute approximate surface area is 77.9 Å². The molecule has 0 heterocycles. The molecule has 0 radical (unpaired) electrons. The van der Waals surface area contributed by atoms with Crippen LogP contribution in [-0.4, -0.2) is 24.9 Å². The van der Waals surface area contributed by atoms with Gasteiger partial charge in [0.05, 0.1) is 13.2 Å². The predicted molar refractivity (Wildman–Crippen MR) is 50.2 cm³/mol. The van der Waals surface area contributed by atoms with Gasteiger partial charge < -0.3 is 14.6 Å². The van der Waals surface area contributed by atoms with Crippen molar-refractivity contribution < 1.29 is 14.6 Å². The van der Waals surface area contributed by atoms with Gasteiger partial charge in [0, 0.05) is 0 Å². The van der Waals surface area contributed by atoms with Crippen LogP contribution in [0.25, 0.3) is 0 Å². The Hall–Kier alpha value is -1.22. The molecule has 0 fully saturated rings. The molecular weight excluding hydrogens is 168 g/mol. The Morgan fingerprint density at radius 3 is 2.23 bits per heavy atom. The average Bonchev–Trinajstić information content (AvgIpc) is 2.15. The van der Waals surface area contributed by atoms with Crippen LogP contribution in [0.4, 0.5) is 0 Å². The minimum atomic E-state index is -0.442. The van der Waals surface area contributed by atoms with Gasteiger partial charge in [-0.25, -0.2) is 0 Å². The zero-order valence-electron chi connectivity index (χ0n) is 7.86. The number of ether oxygens (including phenoxy) is 2. The second-order valence-electron chi connectivity index (χ2n) is 2.84. The summed E-state index contributed by atoms with van der Waals surface area (Å²) in [5.41, 5.74) is 0. The van der Waals surface area contributed by atoms with Crippen molar-refractivity contribution in [3.8, 4) is 11.5 Å². The van der Waals surface area contributed by atoms with Crippen LogP contribution >= 0.6 is 0 Å². The summed E-state index contributed by atoms with van der Waals surface area (Å²) in [6.07, 6.45) is -0.442. The van der Waals surface area contributed by atoms with Gasteiger partial charge >= 0.3 is 0 Å². The maximum Gasteiger partial charge on any atom is 0.119 e. The maximum atomic E-state index is 8.96. The standard InChI is InChI=1S/C10H14O3/c1-8(11)7-13-10-5-3-9(12-2)4-6-10/h3-6,8,11H,7H2,1-2H3/t8-/m1/s1. The monoisotopic (exact) mass is 182 g/mol. The lowest BCUT2D eigenvalue weighted by molar-refractivity contribution is 0.122. The summed E-state index contributed by atoms with van der Waals surface area (Å²) < 4.78 is 10.3. The Kier molecular flexibility index (Phi) is 3.58. The largest absolute Gasteiger partial charge is 0.497 e. The summed E-state index contributed by atoms with van der Waals surface area (Å²) in [5.74, 6) is 1.53. The van der Waals surface area contributed by atoms with Crippen LogP contribution in [0.1, 0.15) is 6.92 Å². The predicted octanol–water partition coefficient (Wildman–Crippen LogP) is 1.45. The SMILES string of the molecule is COc1ccc(OC[C@@H](C)O)cc1. The van der Waals surface area contributed by atoms with E-state index in [0.29, 0.717) is 6.61 Å². The van der Waals surface area contributed by atoms with Gasteiger partial charge in [0.15, 0.2) is 0 Å². The molecule has 0 unspecified atom stereocenters. The van der Waals surface area contributed by atoms with Crippen molar-refractivity contribution in [1.82, 2.24) is 0 Å². The van der Waals surface area contributed by atoms with E-state index in [1.165, 1.54) is 0 Å². The molecule has 1 aromatic carbocycles. The first-order valence-corrected chi connectivity index (χ1v) is 4.17. The zero-order chi connectivity index (χ0) is 9.68. The number of hydrogen-bond acceptors (Lipinski definition) is 3. The fourth-order valence-electron chi connectivity index (χ4n) is 0.889. The lowest BCUT2D eigenvalue weighted by Crippen LogP contribution is -2.12. The molecule has 13 heavy (non-hydrogen) atoms. The van der Waals surface area contributed by atoms with E-state index in [2.05, 4.69) is 0 Å². The Balaban J connectivity index is 2.49. The third kappa shape index (κ3) is 3.34. The van der Waals surface area contributed by atoms with Gasteiger partial charge in [0.1, 0.15) is 18.1 Å². The van der Waals surface area contributed by atoms with Crippen LogP contribution < -0.4 is 9.47 Å². The van der Waals surface area contributed by atoms with Crippen molar-refractivity contribution in [3.05, 3.63) is 24.3 Å². The smallest absolute Gasteiger partial charge is 0.119 e. The molecular formula is C10H14O3. The first kappa shape index (κ1) is 9.86. The van der Waals surface area contributed by atoms with Crippen LogP contribution in [-0.2, 0) is 0 Å². The second kappa shape index (κ2) is 4.72. The van der Waals surface area contributed by atoms with E-state index in [0.717, 1.165) is 11.5 Å². The van der Waals surface area contributed by atoms with E-state index in [-0.39, 0.29) is 0 Å². The van der Waals surface area contributed by atoms with Crippen LogP contribution in [0, 0.1) is 0 Å². The summed E-state index contributed by atoms with van der Waals surface area (Å²) >= 11 is 0. The first-order chi connectivity index (χ1) is 6.22. The number of aliphatic hydroxyl groups excluding tert-OH is 1. The van der Waals surface area contributed by atoms with E-state index < -0.39 is 6.10 Å². The van der Waals surface area contributed by atoms with E-state index in [1.807, 2.05) is 12.1 Å². The normalized spacial score (nSPS) is 12.2. The highest BCUT2D eigenvalue weighted by atomic mass is 16.5. The van der Waals surface area contributed by atoms with Gasteiger partial charge in [-0.1, -0.05) is 0 Å². The molecule has 0 spiro atoms. The summed E-state index contributed by atoms with van der Waals surface area (Å²) in [5, 5.41) is 8.96. The zero-order valence-corrected chi connectivity index (χ0v) is 7.86. The summed E-state index contributed by atoms with van der Waals surface area (Å²) in [4.78, 5) is 0. The van der Waals surface area contributed by atoms with Gasteiger partial charge in [-0.2, -0.15) is 0 Å². The van der Waals surface area contributed by atoms with Crippen molar-refractivity contribution in [2.45, 2.75) is 13.0 Å². The number of aliphatic hydroxyl groups is 1. The van der Waals surface area contributed by atoms with Gasteiger partial charge in [0.25, 0.3) is 0 Å².